The number of aliphatic hydroxyl groups is 2. The van der Waals surface area contributed by atoms with Crippen molar-refractivity contribution >= 4 is 33.9 Å². The highest BCUT2D eigenvalue weighted by molar-refractivity contribution is 7.14. The van der Waals surface area contributed by atoms with Crippen LogP contribution in [0.4, 0.5) is 16.6 Å². The number of nitrogens with one attached hydrogen (secondary N) is 1. The van der Waals surface area contributed by atoms with E-state index in [2.05, 4.69) is 20.2 Å². The SMILES string of the molecule is O=C(Nc1cccnc1N1CCN(CO)CC1O)c1csc(N2CCOCC2)n1. The first-order chi connectivity index (χ1) is 14.2. The number of amides is 1. The highest BCUT2D eigenvalue weighted by Crippen LogP contribution is 2.27. The standard InChI is InChI=1S/C18H24N6O4S/c25-12-22-4-5-24(15(26)10-22)16-13(2-1-3-19-16)20-17(27)14-11-29-18(21-14)23-6-8-28-9-7-23/h1-3,11,15,25-26H,4-10,12H2,(H,20,27). The predicted molar refractivity (Wildman–Crippen MR) is 109 cm³/mol. The van der Waals surface area contributed by atoms with Crippen molar-refractivity contribution in [2.75, 3.05) is 67.8 Å². The van der Waals surface area contributed by atoms with Crippen molar-refractivity contribution in [3.05, 3.63) is 29.4 Å². The first-order valence-electron chi connectivity index (χ1n) is 9.48. The molecule has 3 N–H and O–H groups in total. The van der Waals surface area contributed by atoms with Crippen molar-refractivity contribution in [3.8, 4) is 0 Å². The van der Waals surface area contributed by atoms with E-state index < -0.39 is 6.23 Å². The number of hydrogen-bond acceptors (Lipinski definition) is 10. The van der Waals surface area contributed by atoms with Crippen LogP contribution in [0, 0.1) is 0 Å². The Morgan fingerprint density at radius 3 is 2.90 bits per heavy atom. The molecule has 2 aliphatic heterocycles. The van der Waals surface area contributed by atoms with Crippen LogP contribution < -0.4 is 15.1 Å². The van der Waals surface area contributed by atoms with Gasteiger partial charge in [0.05, 0.1) is 25.6 Å². The molecule has 2 saturated heterocycles. The van der Waals surface area contributed by atoms with Crippen LogP contribution in [0.2, 0.25) is 0 Å². The van der Waals surface area contributed by atoms with Crippen LogP contribution in [0.3, 0.4) is 0 Å². The molecule has 11 heteroatoms. The van der Waals surface area contributed by atoms with Crippen LogP contribution in [-0.4, -0.2) is 89.9 Å². The number of carbonyl (C=O) groups excluding carboxylic acids is 1. The van der Waals surface area contributed by atoms with E-state index in [-0.39, 0.29) is 12.6 Å². The number of thiazole rings is 1. The highest BCUT2D eigenvalue weighted by Gasteiger charge is 2.28. The molecule has 0 aromatic carbocycles. The molecule has 2 aliphatic rings. The van der Waals surface area contributed by atoms with Crippen LogP contribution in [0.25, 0.3) is 0 Å². The number of rotatable bonds is 5. The Hall–Kier alpha value is -2.31. The fraction of sp³-hybridized carbons (Fsp3) is 0.500. The molecule has 0 radical (unpaired) electrons. The number of piperazine rings is 1. The summed E-state index contributed by atoms with van der Waals surface area (Å²) in [4.78, 5) is 27.2. The summed E-state index contributed by atoms with van der Waals surface area (Å²) in [5, 5.41) is 25.1. The van der Waals surface area contributed by atoms with Gasteiger partial charge in [-0.2, -0.15) is 0 Å². The van der Waals surface area contributed by atoms with Crippen molar-refractivity contribution in [2.24, 2.45) is 0 Å². The largest absolute Gasteiger partial charge is 0.381 e. The number of carbonyl (C=O) groups is 1. The van der Waals surface area contributed by atoms with E-state index in [0.717, 1.165) is 18.2 Å². The zero-order valence-electron chi connectivity index (χ0n) is 15.9. The van der Waals surface area contributed by atoms with E-state index in [1.165, 1.54) is 11.3 Å². The van der Waals surface area contributed by atoms with Crippen LogP contribution in [-0.2, 0) is 4.74 Å². The van der Waals surface area contributed by atoms with Gasteiger partial charge in [0.25, 0.3) is 5.91 Å². The second kappa shape index (κ2) is 9.01. The molecule has 2 aromatic rings. The van der Waals surface area contributed by atoms with Gasteiger partial charge >= 0.3 is 0 Å². The molecule has 0 spiro atoms. The van der Waals surface area contributed by atoms with Gasteiger partial charge in [-0.1, -0.05) is 0 Å². The Morgan fingerprint density at radius 1 is 1.31 bits per heavy atom. The van der Waals surface area contributed by atoms with Gasteiger partial charge in [-0.3, -0.25) is 9.69 Å². The topological polar surface area (TPSA) is 114 Å². The number of pyridine rings is 1. The maximum absolute atomic E-state index is 12.8. The summed E-state index contributed by atoms with van der Waals surface area (Å²) in [5.41, 5.74) is 0.854. The number of nitrogens with zero attached hydrogens (tertiary/aromatic N) is 5. The Labute approximate surface area is 172 Å². The lowest BCUT2D eigenvalue weighted by Gasteiger charge is -2.39. The lowest BCUT2D eigenvalue weighted by atomic mass is 10.2. The molecule has 10 nitrogen and oxygen atoms in total. The molecule has 1 atom stereocenters. The Kier molecular flexibility index (Phi) is 6.21. The summed E-state index contributed by atoms with van der Waals surface area (Å²) >= 11 is 1.43. The van der Waals surface area contributed by atoms with Gasteiger partial charge in [0.15, 0.2) is 10.9 Å². The maximum Gasteiger partial charge on any atom is 0.275 e. The number of morpholine rings is 1. The van der Waals surface area contributed by atoms with Crippen molar-refractivity contribution in [1.82, 2.24) is 14.9 Å². The van der Waals surface area contributed by atoms with E-state index in [4.69, 9.17) is 4.74 Å². The van der Waals surface area contributed by atoms with E-state index in [0.29, 0.717) is 50.0 Å². The van der Waals surface area contributed by atoms with Crippen molar-refractivity contribution in [3.63, 3.8) is 0 Å². The quantitative estimate of drug-likeness (QED) is 0.616. The molecule has 29 heavy (non-hydrogen) atoms. The summed E-state index contributed by atoms with van der Waals surface area (Å²) < 4.78 is 5.35. The summed E-state index contributed by atoms with van der Waals surface area (Å²) in [6, 6.07) is 3.48. The number of β-amino-alcohol motifs (C(OH)–C–C–N with tert-alkyl or cyclic N) is 1. The summed E-state index contributed by atoms with van der Waals surface area (Å²) in [6.07, 6.45) is 0.795. The third-order valence-corrected chi connectivity index (χ3v) is 5.85. The van der Waals surface area contributed by atoms with Crippen LogP contribution in [0.15, 0.2) is 23.7 Å². The molecule has 4 heterocycles. The second-order valence-electron chi connectivity index (χ2n) is 6.84. The number of anilines is 3. The summed E-state index contributed by atoms with van der Waals surface area (Å²) in [6.45, 7) is 4.11. The lowest BCUT2D eigenvalue weighted by molar-refractivity contribution is 0.0292. The Balaban J connectivity index is 1.47. The minimum Gasteiger partial charge on any atom is -0.381 e. The van der Waals surface area contributed by atoms with Gasteiger partial charge in [0.2, 0.25) is 0 Å². The van der Waals surface area contributed by atoms with Gasteiger partial charge in [-0.05, 0) is 12.1 Å². The molecule has 0 bridgehead atoms. The van der Waals surface area contributed by atoms with Crippen molar-refractivity contribution in [1.29, 1.82) is 0 Å². The molecule has 2 fully saturated rings. The predicted octanol–water partition coefficient (Wildman–Crippen LogP) is 0.0172. The monoisotopic (exact) mass is 420 g/mol. The first kappa shape index (κ1) is 20.0. The Bertz CT molecular complexity index is 843. The van der Waals surface area contributed by atoms with Gasteiger partial charge in [0, 0.05) is 44.3 Å². The number of aromatic nitrogens is 2. The fourth-order valence-electron chi connectivity index (χ4n) is 3.37. The molecular weight excluding hydrogens is 396 g/mol. The van der Waals surface area contributed by atoms with Crippen LogP contribution >= 0.6 is 11.3 Å². The summed E-state index contributed by atoms with van der Waals surface area (Å²) in [5.74, 6) is 0.174. The zero-order valence-corrected chi connectivity index (χ0v) is 16.7. The smallest absolute Gasteiger partial charge is 0.275 e. The van der Waals surface area contributed by atoms with Gasteiger partial charge < -0.3 is 30.1 Å². The Morgan fingerprint density at radius 2 is 2.14 bits per heavy atom. The average molecular weight is 420 g/mol. The van der Waals surface area contributed by atoms with E-state index >= 15 is 0 Å². The van der Waals surface area contributed by atoms with E-state index in [1.807, 2.05) is 0 Å². The lowest BCUT2D eigenvalue weighted by Crippen LogP contribution is -2.53. The highest BCUT2D eigenvalue weighted by atomic mass is 32.1. The number of ether oxygens (including phenoxy) is 1. The molecule has 1 amide bonds. The van der Waals surface area contributed by atoms with Gasteiger partial charge in [0.1, 0.15) is 11.9 Å². The molecular formula is C18H24N6O4S. The number of hydrogen-bond donors (Lipinski definition) is 3. The van der Waals surface area contributed by atoms with Gasteiger partial charge in [-0.15, -0.1) is 11.3 Å². The minimum absolute atomic E-state index is 0.105. The summed E-state index contributed by atoms with van der Waals surface area (Å²) in [7, 11) is 0. The molecule has 1 unspecified atom stereocenters. The van der Waals surface area contributed by atoms with E-state index in [1.54, 1.807) is 33.5 Å². The third kappa shape index (κ3) is 4.49. The van der Waals surface area contributed by atoms with Crippen molar-refractivity contribution < 1.29 is 19.7 Å². The maximum atomic E-state index is 12.8. The molecule has 2 aromatic heterocycles. The molecule has 156 valence electrons. The van der Waals surface area contributed by atoms with E-state index in [9.17, 15) is 15.0 Å². The average Bonchev–Trinajstić information content (AvgIpc) is 3.25. The minimum atomic E-state index is -0.825. The molecule has 0 aliphatic carbocycles. The van der Waals surface area contributed by atoms with Crippen LogP contribution in [0.1, 0.15) is 10.5 Å². The molecule has 0 saturated carbocycles. The second-order valence-corrected chi connectivity index (χ2v) is 7.67. The number of aliphatic hydroxyl groups excluding tert-OH is 2. The normalized spacial score (nSPS) is 20.7. The molecule has 4 rings (SSSR count). The van der Waals surface area contributed by atoms with Gasteiger partial charge in [-0.25, -0.2) is 9.97 Å². The van der Waals surface area contributed by atoms with Crippen molar-refractivity contribution in [2.45, 2.75) is 6.23 Å². The fourth-order valence-corrected chi connectivity index (χ4v) is 4.23. The third-order valence-electron chi connectivity index (χ3n) is 4.95. The zero-order chi connectivity index (χ0) is 20.2. The first-order valence-corrected chi connectivity index (χ1v) is 10.4. The van der Waals surface area contributed by atoms with Crippen LogP contribution in [0.5, 0.6) is 0 Å².